The summed E-state index contributed by atoms with van der Waals surface area (Å²) in [5.41, 5.74) is 1.14. The average Bonchev–Trinajstić information content (AvgIpc) is 3.29. The molecule has 140 valence electrons. The smallest absolute Gasteiger partial charge is 0.191 e. The molecule has 1 aliphatic heterocycles. The maximum absolute atomic E-state index is 5.38. The number of hydrogen-bond donors (Lipinski definition) is 2. The summed E-state index contributed by atoms with van der Waals surface area (Å²) in [5, 5.41) is 7.07. The summed E-state index contributed by atoms with van der Waals surface area (Å²) in [7, 11) is 3.37. The number of rotatable bonds is 6. The fourth-order valence-electron chi connectivity index (χ4n) is 2.99. The Morgan fingerprint density at radius 1 is 1.08 bits per heavy atom. The third kappa shape index (κ3) is 5.55. The fraction of sp³-hybridized carbons (Fsp3) is 0.611. The van der Waals surface area contributed by atoms with E-state index in [1.165, 1.54) is 12.8 Å². The lowest BCUT2D eigenvalue weighted by atomic mass is 10.2. The zero-order chi connectivity index (χ0) is 16.9. The van der Waals surface area contributed by atoms with Crippen LogP contribution in [0.4, 0.5) is 5.69 Å². The molecule has 1 saturated carbocycles. The lowest BCUT2D eigenvalue weighted by Gasteiger charge is -2.21. The number of nitrogens with one attached hydrogen (secondary N) is 2. The van der Waals surface area contributed by atoms with Gasteiger partial charge in [0.05, 0.1) is 14.2 Å². The largest absolute Gasteiger partial charge is 0.497 e. The van der Waals surface area contributed by atoms with Crippen LogP contribution in [0.2, 0.25) is 0 Å². The molecule has 1 aliphatic carbocycles. The molecular formula is C18H29IN4O2. The van der Waals surface area contributed by atoms with Gasteiger partial charge in [0.25, 0.3) is 0 Å². The van der Waals surface area contributed by atoms with Crippen molar-refractivity contribution >= 4 is 35.6 Å². The summed E-state index contributed by atoms with van der Waals surface area (Å²) < 4.78 is 10.8. The second-order valence-corrected chi connectivity index (χ2v) is 6.39. The molecule has 2 fully saturated rings. The summed E-state index contributed by atoms with van der Waals surface area (Å²) in [6.07, 6.45) is 3.60. The molecule has 1 atom stereocenters. The van der Waals surface area contributed by atoms with E-state index < -0.39 is 0 Å². The first kappa shape index (κ1) is 19.9. The molecule has 1 unspecified atom stereocenters. The van der Waals surface area contributed by atoms with E-state index in [9.17, 15) is 0 Å². The van der Waals surface area contributed by atoms with Gasteiger partial charge in [0, 0.05) is 55.6 Å². The van der Waals surface area contributed by atoms with Crippen LogP contribution in [0.25, 0.3) is 0 Å². The predicted molar refractivity (Wildman–Crippen MR) is 113 cm³/mol. The molecule has 1 aromatic carbocycles. The summed E-state index contributed by atoms with van der Waals surface area (Å²) in [6.45, 7) is 4.83. The molecule has 1 heterocycles. The van der Waals surface area contributed by atoms with Gasteiger partial charge in [-0.3, -0.25) is 4.99 Å². The molecule has 25 heavy (non-hydrogen) atoms. The Bertz CT molecular complexity index is 570. The molecule has 1 saturated heterocycles. The van der Waals surface area contributed by atoms with Gasteiger partial charge in [-0.25, -0.2) is 0 Å². The number of ether oxygens (including phenoxy) is 2. The number of guanidine groups is 1. The normalized spacial score (nSPS) is 20.0. The van der Waals surface area contributed by atoms with Gasteiger partial charge in [0.15, 0.2) is 5.96 Å². The molecule has 2 aliphatic rings. The number of aliphatic imine (C=N–C) groups is 1. The monoisotopic (exact) mass is 460 g/mol. The Labute approximate surface area is 167 Å². The Kier molecular flexibility index (Phi) is 7.46. The second-order valence-electron chi connectivity index (χ2n) is 6.39. The molecule has 7 heteroatoms. The Hall–Kier alpha value is -1.38. The number of methoxy groups -OCH3 is 2. The maximum Gasteiger partial charge on any atom is 0.191 e. The first-order valence-electron chi connectivity index (χ1n) is 8.77. The molecule has 3 rings (SSSR count). The minimum atomic E-state index is 0. The van der Waals surface area contributed by atoms with Crippen LogP contribution in [0.15, 0.2) is 23.2 Å². The van der Waals surface area contributed by atoms with Crippen molar-refractivity contribution in [1.29, 1.82) is 0 Å². The second kappa shape index (κ2) is 9.35. The minimum absolute atomic E-state index is 0. The summed E-state index contributed by atoms with van der Waals surface area (Å²) in [5.74, 6) is 2.60. The Balaban J connectivity index is 0.00000225. The van der Waals surface area contributed by atoms with Gasteiger partial charge in [-0.1, -0.05) is 0 Å². The van der Waals surface area contributed by atoms with E-state index in [1.807, 2.05) is 6.07 Å². The zero-order valence-electron chi connectivity index (χ0n) is 15.2. The van der Waals surface area contributed by atoms with Crippen molar-refractivity contribution in [3.8, 4) is 11.5 Å². The van der Waals surface area contributed by atoms with Gasteiger partial charge < -0.3 is 25.0 Å². The van der Waals surface area contributed by atoms with Gasteiger partial charge in [-0.05, 0) is 26.2 Å². The topological polar surface area (TPSA) is 58.1 Å². The van der Waals surface area contributed by atoms with E-state index in [0.29, 0.717) is 12.1 Å². The lowest BCUT2D eigenvalue weighted by molar-refractivity contribution is 0.394. The van der Waals surface area contributed by atoms with E-state index in [0.717, 1.165) is 49.2 Å². The first-order chi connectivity index (χ1) is 11.7. The maximum atomic E-state index is 5.38. The van der Waals surface area contributed by atoms with Crippen molar-refractivity contribution in [2.24, 2.45) is 4.99 Å². The van der Waals surface area contributed by atoms with Gasteiger partial charge in [-0.2, -0.15) is 0 Å². The van der Waals surface area contributed by atoms with Crippen LogP contribution in [0.1, 0.15) is 26.2 Å². The third-order valence-electron chi connectivity index (χ3n) is 4.46. The van der Waals surface area contributed by atoms with Gasteiger partial charge >= 0.3 is 0 Å². The molecule has 1 aromatic rings. The van der Waals surface area contributed by atoms with Crippen LogP contribution >= 0.6 is 24.0 Å². The number of nitrogens with zero attached hydrogens (tertiary/aromatic N) is 2. The average molecular weight is 460 g/mol. The summed E-state index contributed by atoms with van der Waals surface area (Å²) >= 11 is 0. The molecule has 0 radical (unpaired) electrons. The van der Waals surface area contributed by atoms with Crippen molar-refractivity contribution in [2.75, 3.05) is 38.8 Å². The molecular weight excluding hydrogens is 431 g/mol. The number of halogens is 1. The number of hydrogen-bond acceptors (Lipinski definition) is 4. The Morgan fingerprint density at radius 2 is 1.72 bits per heavy atom. The van der Waals surface area contributed by atoms with Crippen LogP contribution < -0.4 is 25.0 Å². The quantitative estimate of drug-likeness (QED) is 0.389. The lowest BCUT2D eigenvalue weighted by Crippen LogP contribution is -2.45. The van der Waals surface area contributed by atoms with E-state index in [4.69, 9.17) is 9.47 Å². The van der Waals surface area contributed by atoms with E-state index >= 15 is 0 Å². The van der Waals surface area contributed by atoms with Crippen LogP contribution in [-0.2, 0) is 0 Å². The molecule has 6 nitrogen and oxygen atoms in total. The van der Waals surface area contributed by atoms with Gasteiger partial charge in [0.2, 0.25) is 0 Å². The van der Waals surface area contributed by atoms with Gasteiger partial charge in [-0.15, -0.1) is 24.0 Å². The highest BCUT2D eigenvalue weighted by atomic mass is 127. The van der Waals surface area contributed by atoms with Crippen molar-refractivity contribution in [1.82, 2.24) is 10.6 Å². The van der Waals surface area contributed by atoms with Crippen molar-refractivity contribution in [3.63, 3.8) is 0 Å². The predicted octanol–water partition coefficient (Wildman–Crippen LogP) is 2.62. The molecule has 0 spiro atoms. The Morgan fingerprint density at radius 3 is 2.28 bits per heavy atom. The highest BCUT2D eigenvalue weighted by molar-refractivity contribution is 14.0. The van der Waals surface area contributed by atoms with Crippen molar-refractivity contribution in [3.05, 3.63) is 18.2 Å². The third-order valence-corrected chi connectivity index (χ3v) is 4.46. The van der Waals surface area contributed by atoms with Crippen LogP contribution in [-0.4, -0.2) is 51.9 Å². The molecule has 0 bridgehead atoms. The molecule has 0 aromatic heterocycles. The molecule has 2 N–H and O–H groups in total. The van der Waals surface area contributed by atoms with E-state index in [-0.39, 0.29) is 24.0 Å². The van der Waals surface area contributed by atoms with Crippen LogP contribution in [0.3, 0.4) is 0 Å². The fourth-order valence-corrected chi connectivity index (χ4v) is 2.99. The highest BCUT2D eigenvalue weighted by Crippen LogP contribution is 2.30. The van der Waals surface area contributed by atoms with E-state index in [2.05, 4.69) is 39.6 Å². The summed E-state index contributed by atoms with van der Waals surface area (Å²) in [4.78, 5) is 6.92. The SMILES string of the molecule is CCN=C(NC1CC1)NC1CCN(c2cc(OC)cc(OC)c2)C1.I. The number of anilines is 1. The molecule has 0 amide bonds. The minimum Gasteiger partial charge on any atom is -0.497 e. The van der Waals surface area contributed by atoms with Crippen LogP contribution in [0, 0.1) is 0 Å². The first-order valence-corrected chi connectivity index (χ1v) is 8.77. The summed E-state index contributed by atoms with van der Waals surface area (Å²) in [6, 6.07) is 7.05. The zero-order valence-corrected chi connectivity index (χ0v) is 17.6. The van der Waals surface area contributed by atoms with Crippen LogP contribution in [0.5, 0.6) is 11.5 Å². The van der Waals surface area contributed by atoms with Crippen molar-refractivity contribution < 1.29 is 9.47 Å². The number of benzene rings is 1. The van der Waals surface area contributed by atoms with Gasteiger partial charge in [0.1, 0.15) is 11.5 Å². The standard InChI is InChI=1S/C18H28N4O2.HI/c1-4-19-18(20-13-5-6-13)21-14-7-8-22(12-14)15-9-16(23-2)11-17(10-15)24-3;/h9-11,13-14H,4-8,12H2,1-3H3,(H2,19,20,21);1H. The highest BCUT2D eigenvalue weighted by Gasteiger charge is 2.27. The van der Waals surface area contributed by atoms with E-state index in [1.54, 1.807) is 14.2 Å². The van der Waals surface area contributed by atoms with Crippen molar-refractivity contribution in [2.45, 2.75) is 38.3 Å².